The number of hydrogen-bond donors (Lipinski definition) is 2. The second kappa shape index (κ2) is 9.04. The van der Waals surface area contributed by atoms with Crippen LogP contribution in [0.1, 0.15) is 37.3 Å². The normalized spacial score (nSPS) is 20.1. The van der Waals surface area contributed by atoms with Gasteiger partial charge in [-0.2, -0.15) is 13.2 Å². The molecule has 2 amide bonds. The zero-order chi connectivity index (χ0) is 26.5. The molecule has 0 aliphatic carbocycles. The lowest BCUT2D eigenvalue weighted by molar-refractivity contribution is -0.258. The van der Waals surface area contributed by atoms with Crippen LogP contribution in [0.4, 0.5) is 23.2 Å². The van der Waals surface area contributed by atoms with Gasteiger partial charge >= 0.3 is 6.18 Å². The number of aryl methyl sites for hydroxylation is 1. The first-order chi connectivity index (χ1) is 16.7. The summed E-state index contributed by atoms with van der Waals surface area (Å²) in [5, 5.41) is 11.2. The van der Waals surface area contributed by atoms with Crippen LogP contribution in [0.5, 0.6) is 0 Å². The number of halogens is 4. The standard InChI is InChI=1S/C23H23F4N3O5S/c1-22(33,23(25,26)27)15-3-9-19-14(12-15)2-6-17(13-21(32)29-11-10-20(31)28-29)30(19)36(34,35)18-7-4-16(24)5-8-18/h3-5,7-9,12,17,33H,2,6,10-11,13H2,1H3,(H,28,31)/t17-,22?/m0/s1. The molecule has 194 valence electrons. The van der Waals surface area contributed by atoms with Crippen molar-refractivity contribution in [1.82, 2.24) is 10.4 Å². The molecule has 13 heteroatoms. The van der Waals surface area contributed by atoms with Gasteiger partial charge in [0.15, 0.2) is 5.60 Å². The summed E-state index contributed by atoms with van der Waals surface area (Å²) in [7, 11) is -4.37. The van der Waals surface area contributed by atoms with Crippen LogP contribution in [0.2, 0.25) is 0 Å². The Balaban J connectivity index is 1.76. The van der Waals surface area contributed by atoms with Crippen LogP contribution in [0.25, 0.3) is 0 Å². The number of fused-ring (bicyclic) bond motifs is 1. The first kappa shape index (κ1) is 25.9. The van der Waals surface area contributed by atoms with E-state index in [4.69, 9.17) is 0 Å². The van der Waals surface area contributed by atoms with E-state index in [-0.39, 0.29) is 54.3 Å². The predicted molar refractivity (Wildman–Crippen MR) is 119 cm³/mol. The van der Waals surface area contributed by atoms with Gasteiger partial charge in [0.25, 0.3) is 10.0 Å². The Morgan fingerprint density at radius 3 is 2.39 bits per heavy atom. The zero-order valence-corrected chi connectivity index (χ0v) is 19.9. The molecule has 2 aromatic carbocycles. The number of hydrazine groups is 1. The molecule has 4 rings (SSSR count). The third-order valence-electron chi connectivity index (χ3n) is 6.41. The fourth-order valence-electron chi connectivity index (χ4n) is 4.31. The molecule has 2 N–H and O–H groups in total. The highest BCUT2D eigenvalue weighted by Crippen LogP contribution is 2.43. The molecule has 0 aromatic heterocycles. The van der Waals surface area contributed by atoms with Gasteiger partial charge in [-0.05, 0) is 61.2 Å². The van der Waals surface area contributed by atoms with Crippen LogP contribution in [0.3, 0.4) is 0 Å². The fraction of sp³-hybridized carbons (Fsp3) is 0.391. The SMILES string of the molecule is CC(O)(c1ccc2c(c1)CC[C@@H](CC(=O)N1CCC(=O)N1)N2S(=O)(=O)c1ccc(F)cc1)C(F)(F)F. The van der Waals surface area contributed by atoms with Gasteiger partial charge < -0.3 is 5.11 Å². The highest BCUT2D eigenvalue weighted by Gasteiger charge is 2.51. The number of alkyl halides is 3. The van der Waals surface area contributed by atoms with Crippen LogP contribution >= 0.6 is 0 Å². The molecule has 0 saturated carbocycles. The second-order valence-corrected chi connectivity index (χ2v) is 10.7. The molecule has 0 radical (unpaired) electrons. The molecule has 36 heavy (non-hydrogen) atoms. The predicted octanol–water partition coefficient (Wildman–Crippen LogP) is 2.76. The van der Waals surface area contributed by atoms with Crippen molar-refractivity contribution in [3.8, 4) is 0 Å². The van der Waals surface area contributed by atoms with E-state index < -0.39 is 45.1 Å². The van der Waals surface area contributed by atoms with Gasteiger partial charge in [-0.1, -0.05) is 12.1 Å². The van der Waals surface area contributed by atoms with E-state index in [9.17, 15) is 40.7 Å². The number of rotatable bonds is 5. The van der Waals surface area contributed by atoms with E-state index in [1.165, 1.54) is 6.07 Å². The quantitative estimate of drug-likeness (QED) is 0.580. The lowest BCUT2D eigenvalue weighted by Crippen LogP contribution is -2.48. The third-order valence-corrected chi connectivity index (χ3v) is 8.29. The van der Waals surface area contributed by atoms with E-state index in [0.717, 1.165) is 45.7 Å². The number of carbonyl (C=O) groups excluding carboxylic acids is 2. The monoisotopic (exact) mass is 529 g/mol. The maximum Gasteiger partial charge on any atom is 0.421 e. The molecular weight excluding hydrogens is 506 g/mol. The number of sulfonamides is 1. The van der Waals surface area contributed by atoms with E-state index in [1.54, 1.807) is 0 Å². The van der Waals surface area contributed by atoms with Crippen LogP contribution in [-0.4, -0.2) is 49.1 Å². The number of carbonyl (C=O) groups is 2. The van der Waals surface area contributed by atoms with E-state index >= 15 is 0 Å². The van der Waals surface area contributed by atoms with Crippen molar-refractivity contribution in [2.45, 2.75) is 55.3 Å². The van der Waals surface area contributed by atoms with E-state index in [0.29, 0.717) is 6.92 Å². The minimum absolute atomic E-state index is 0.0514. The van der Waals surface area contributed by atoms with Gasteiger partial charge in [-0.3, -0.25) is 24.3 Å². The molecule has 2 aliphatic heterocycles. The second-order valence-electron chi connectivity index (χ2n) is 8.90. The first-order valence-corrected chi connectivity index (χ1v) is 12.5. The Bertz CT molecular complexity index is 1300. The summed E-state index contributed by atoms with van der Waals surface area (Å²) in [5.41, 5.74) is -0.938. The summed E-state index contributed by atoms with van der Waals surface area (Å²) in [6.45, 7) is 0.734. The lowest BCUT2D eigenvalue weighted by Gasteiger charge is -2.39. The van der Waals surface area contributed by atoms with Crippen molar-refractivity contribution < 1.29 is 40.7 Å². The van der Waals surface area contributed by atoms with Crippen LogP contribution in [0.15, 0.2) is 47.4 Å². The molecule has 1 saturated heterocycles. The number of nitrogens with zero attached hydrogens (tertiary/aromatic N) is 2. The Kier molecular flexibility index (Phi) is 6.50. The lowest BCUT2D eigenvalue weighted by atomic mass is 9.89. The molecule has 1 fully saturated rings. The number of aliphatic hydroxyl groups is 1. The maximum absolute atomic E-state index is 13.6. The zero-order valence-electron chi connectivity index (χ0n) is 19.0. The average Bonchev–Trinajstić information content (AvgIpc) is 3.24. The number of benzene rings is 2. The molecule has 0 bridgehead atoms. The summed E-state index contributed by atoms with van der Waals surface area (Å²) in [6.07, 6.45) is -4.94. The minimum Gasteiger partial charge on any atom is -0.376 e. The van der Waals surface area contributed by atoms with Gasteiger partial charge in [0.1, 0.15) is 5.82 Å². The highest BCUT2D eigenvalue weighted by molar-refractivity contribution is 7.92. The number of nitrogens with one attached hydrogen (secondary N) is 1. The Hall–Kier alpha value is -3.19. The van der Waals surface area contributed by atoms with Crippen molar-refractivity contribution in [3.63, 3.8) is 0 Å². The molecule has 2 aromatic rings. The number of hydrogen-bond acceptors (Lipinski definition) is 5. The molecule has 0 spiro atoms. The van der Waals surface area contributed by atoms with Crippen LogP contribution < -0.4 is 9.73 Å². The summed E-state index contributed by atoms with van der Waals surface area (Å²) >= 11 is 0. The highest BCUT2D eigenvalue weighted by atomic mass is 32.2. The topological polar surface area (TPSA) is 107 Å². The molecule has 2 heterocycles. The summed E-state index contributed by atoms with van der Waals surface area (Å²) in [6, 6.07) is 6.37. The molecule has 2 aliphatic rings. The van der Waals surface area contributed by atoms with Gasteiger partial charge in [0, 0.05) is 6.42 Å². The van der Waals surface area contributed by atoms with Crippen molar-refractivity contribution in [2.75, 3.05) is 10.8 Å². The first-order valence-electron chi connectivity index (χ1n) is 11.0. The smallest absolute Gasteiger partial charge is 0.376 e. The Morgan fingerprint density at radius 2 is 1.81 bits per heavy atom. The Morgan fingerprint density at radius 1 is 1.14 bits per heavy atom. The van der Waals surface area contributed by atoms with E-state index in [2.05, 4.69) is 5.43 Å². The average molecular weight is 530 g/mol. The summed E-state index contributed by atoms with van der Waals surface area (Å²) in [5.74, 6) is -1.54. The van der Waals surface area contributed by atoms with Crippen molar-refractivity contribution in [3.05, 3.63) is 59.4 Å². The van der Waals surface area contributed by atoms with Gasteiger partial charge in [0.2, 0.25) is 11.8 Å². The fourth-order valence-corrected chi connectivity index (χ4v) is 6.03. The van der Waals surface area contributed by atoms with E-state index in [1.807, 2.05) is 0 Å². The summed E-state index contributed by atoms with van der Waals surface area (Å²) in [4.78, 5) is 24.0. The number of anilines is 1. The van der Waals surface area contributed by atoms with Crippen molar-refractivity contribution >= 4 is 27.5 Å². The Labute approximate surface area is 204 Å². The van der Waals surface area contributed by atoms with Gasteiger partial charge in [-0.25, -0.2) is 12.8 Å². The van der Waals surface area contributed by atoms with Gasteiger partial charge in [0.05, 0.1) is 29.6 Å². The number of amides is 2. The summed E-state index contributed by atoms with van der Waals surface area (Å²) < 4.78 is 81.9. The molecule has 8 nitrogen and oxygen atoms in total. The van der Waals surface area contributed by atoms with Gasteiger partial charge in [-0.15, -0.1) is 0 Å². The van der Waals surface area contributed by atoms with Crippen LogP contribution in [-0.2, 0) is 31.6 Å². The molecular formula is C23H23F4N3O5S. The minimum atomic E-state index is -4.97. The van der Waals surface area contributed by atoms with Crippen molar-refractivity contribution in [2.24, 2.45) is 0 Å². The largest absolute Gasteiger partial charge is 0.421 e. The van der Waals surface area contributed by atoms with Crippen LogP contribution in [0, 0.1) is 5.82 Å². The molecule has 2 atom stereocenters. The molecule has 1 unspecified atom stereocenters. The third kappa shape index (κ3) is 4.64. The van der Waals surface area contributed by atoms with Crippen molar-refractivity contribution in [1.29, 1.82) is 0 Å². The maximum atomic E-state index is 13.6.